The lowest BCUT2D eigenvalue weighted by molar-refractivity contribution is 0.0649. The molecule has 3 aromatic rings. The van der Waals surface area contributed by atoms with E-state index in [2.05, 4.69) is 41.0 Å². The Morgan fingerprint density at radius 3 is 2.85 bits per heavy atom. The average molecular weight is 484 g/mol. The molecule has 4 heterocycles. The number of rotatable bonds is 7. The molecule has 5 rings (SSSR count). The third-order valence-electron chi connectivity index (χ3n) is 6.76. The zero-order valence-electron chi connectivity index (χ0n) is 19.5. The van der Waals surface area contributed by atoms with Crippen LogP contribution in [0.15, 0.2) is 24.4 Å². The molecule has 0 spiro atoms. The van der Waals surface area contributed by atoms with Gasteiger partial charge in [-0.25, -0.2) is 4.98 Å². The summed E-state index contributed by atoms with van der Waals surface area (Å²) < 4.78 is 7.10. The number of nitrogens with zero attached hydrogens (tertiary/aromatic N) is 7. The van der Waals surface area contributed by atoms with Gasteiger partial charge in [-0.15, -0.1) is 5.10 Å². The lowest BCUT2D eigenvalue weighted by Gasteiger charge is -2.44. The van der Waals surface area contributed by atoms with E-state index < -0.39 is 0 Å². The van der Waals surface area contributed by atoms with E-state index in [0.29, 0.717) is 40.3 Å². The van der Waals surface area contributed by atoms with Crippen LogP contribution < -0.4 is 15.4 Å². The second-order valence-corrected chi connectivity index (χ2v) is 9.36. The van der Waals surface area contributed by atoms with Gasteiger partial charge in [0.2, 0.25) is 5.95 Å². The Morgan fingerprint density at radius 2 is 2.03 bits per heavy atom. The van der Waals surface area contributed by atoms with Crippen LogP contribution in [0.5, 0.6) is 5.75 Å². The van der Waals surface area contributed by atoms with E-state index in [1.807, 2.05) is 25.1 Å². The van der Waals surface area contributed by atoms with Gasteiger partial charge in [0.1, 0.15) is 10.8 Å². The second kappa shape index (κ2) is 10.1. The molecule has 0 saturated carbocycles. The molecule has 0 radical (unpaired) electrons. The number of methoxy groups -OCH3 is 1. The zero-order chi connectivity index (χ0) is 23.5. The van der Waals surface area contributed by atoms with E-state index in [1.54, 1.807) is 18.0 Å². The minimum atomic E-state index is 0.447. The number of ether oxygens (including phenoxy) is 1. The highest BCUT2D eigenvalue weighted by Gasteiger charge is 2.32. The molecule has 2 N–H and O–H groups in total. The molecule has 0 bridgehead atoms. The molecule has 2 aliphatic heterocycles. The fourth-order valence-corrected chi connectivity index (χ4v) is 5.25. The molecule has 34 heavy (non-hydrogen) atoms. The first kappa shape index (κ1) is 22.8. The lowest BCUT2D eigenvalue weighted by atomic mass is 9.83. The summed E-state index contributed by atoms with van der Waals surface area (Å²) in [6, 6.07) is 6.31. The molecule has 2 aliphatic rings. The van der Waals surface area contributed by atoms with Crippen molar-refractivity contribution in [1.82, 2.24) is 35.1 Å². The standard InChI is InChI=1S/C23H30ClN9O/c1-15-29-30-31-33(15)18-10-17(11-19(12-18)34-2)27-23-26-14-20(24)22(28-23)25-13-16-6-5-9-32-8-4-3-7-21(16)32/h10-12,14,16,21H,3-9,13H2,1-2H3,(H2,25,26,27,28)/t16-,21+/m0/s1. The molecule has 1 aromatic carbocycles. The number of piperidine rings is 2. The van der Waals surface area contributed by atoms with Crippen LogP contribution in [0.2, 0.25) is 5.02 Å². The van der Waals surface area contributed by atoms with Crippen molar-refractivity contribution in [2.75, 3.05) is 37.4 Å². The zero-order valence-corrected chi connectivity index (χ0v) is 20.3. The summed E-state index contributed by atoms with van der Waals surface area (Å²) in [5.74, 6) is 3.04. The molecule has 11 heteroatoms. The van der Waals surface area contributed by atoms with E-state index >= 15 is 0 Å². The first-order valence-electron chi connectivity index (χ1n) is 11.8. The maximum atomic E-state index is 6.44. The molecule has 2 aromatic heterocycles. The summed E-state index contributed by atoms with van der Waals surface area (Å²) in [5, 5.41) is 19.0. The second-order valence-electron chi connectivity index (χ2n) is 8.96. The van der Waals surface area contributed by atoms with Gasteiger partial charge in [-0.3, -0.25) is 0 Å². The summed E-state index contributed by atoms with van der Waals surface area (Å²) in [7, 11) is 1.62. The lowest BCUT2D eigenvalue weighted by Crippen LogP contribution is -2.49. The van der Waals surface area contributed by atoms with E-state index in [0.717, 1.165) is 17.9 Å². The van der Waals surface area contributed by atoms with Crippen LogP contribution in [-0.2, 0) is 0 Å². The highest BCUT2D eigenvalue weighted by molar-refractivity contribution is 6.32. The first-order valence-corrected chi connectivity index (χ1v) is 12.2. The van der Waals surface area contributed by atoms with Crippen molar-refractivity contribution in [2.24, 2.45) is 5.92 Å². The maximum absolute atomic E-state index is 6.44. The monoisotopic (exact) mass is 483 g/mol. The van der Waals surface area contributed by atoms with Crippen LogP contribution in [-0.4, -0.2) is 67.9 Å². The highest BCUT2D eigenvalue weighted by Crippen LogP contribution is 2.32. The molecular formula is C23H30ClN9O. The molecule has 2 atom stereocenters. The summed E-state index contributed by atoms with van der Waals surface area (Å²) in [6.07, 6.45) is 8.06. The number of benzene rings is 1. The predicted molar refractivity (Wildman–Crippen MR) is 131 cm³/mol. The SMILES string of the molecule is COc1cc(Nc2ncc(Cl)c(NC[C@@H]3CCCN4CCCC[C@H]34)n2)cc(-n2nnnc2C)c1. The quantitative estimate of drug-likeness (QED) is 0.518. The van der Waals surface area contributed by atoms with Gasteiger partial charge in [-0.2, -0.15) is 9.67 Å². The smallest absolute Gasteiger partial charge is 0.229 e. The fourth-order valence-electron chi connectivity index (χ4n) is 5.09. The number of anilines is 3. The Morgan fingerprint density at radius 1 is 1.15 bits per heavy atom. The predicted octanol–water partition coefficient (Wildman–Crippen LogP) is 3.84. The van der Waals surface area contributed by atoms with Crippen molar-refractivity contribution in [1.29, 1.82) is 0 Å². The van der Waals surface area contributed by atoms with Crippen molar-refractivity contribution < 1.29 is 4.74 Å². The summed E-state index contributed by atoms with van der Waals surface area (Å²) in [5.41, 5.74) is 1.52. The molecular weight excluding hydrogens is 454 g/mol. The molecule has 0 unspecified atom stereocenters. The highest BCUT2D eigenvalue weighted by atomic mass is 35.5. The van der Waals surface area contributed by atoms with Gasteiger partial charge in [-0.05, 0) is 68.1 Å². The number of hydrogen-bond donors (Lipinski definition) is 2. The number of halogens is 1. The third-order valence-corrected chi connectivity index (χ3v) is 7.03. The minimum absolute atomic E-state index is 0.447. The van der Waals surface area contributed by atoms with Gasteiger partial charge >= 0.3 is 0 Å². The molecule has 0 amide bonds. The Kier molecular flexibility index (Phi) is 6.77. The average Bonchev–Trinajstić information content (AvgIpc) is 3.30. The maximum Gasteiger partial charge on any atom is 0.229 e. The van der Waals surface area contributed by atoms with Gasteiger partial charge in [0.05, 0.1) is 19.0 Å². The molecule has 10 nitrogen and oxygen atoms in total. The van der Waals surface area contributed by atoms with E-state index in [-0.39, 0.29) is 0 Å². The van der Waals surface area contributed by atoms with Crippen molar-refractivity contribution in [3.8, 4) is 11.4 Å². The van der Waals surface area contributed by atoms with Crippen LogP contribution >= 0.6 is 11.6 Å². The minimum Gasteiger partial charge on any atom is -0.497 e. The number of tetrazole rings is 1. The van der Waals surface area contributed by atoms with Gasteiger partial charge in [0.15, 0.2) is 11.6 Å². The topological polar surface area (TPSA) is 106 Å². The van der Waals surface area contributed by atoms with E-state index in [9.17, 15) is 0 Å². The van der Waals surface area contributed by atoms with Gasteiger partial charge in [-0.1, -0.05) is 18.0 Å². The van der Waals surface area contributed by atoms with Crippen LogP contribution in [0.4, 0.5) is 17.5 Å². The van der Waals surface area contributed by atoms with Gasteiger partial charge < -0.3 is 20.3 Å². The molecule has 180 valence electrons. The van der Waals surface area contributed by atoms with Crippen molar-refractivity contribution in [2.45, 2.75) is 45.1 Å². The molecule has 2 fully saturated rings. The number of hydrogen-bond acceptors (Lipinski definition) is 9. The third kappa shape index (κ3) is 4.92. The number of aryl methyl sites for hydroxylation is 1. The Bertz CT molecular complexity index is 1140. The summed E-state index contributed by atoms with van der Waals surface area (Å²) in [4.78, 5) is 11.7. The normalized spacial score (nSPS) is 20.6. The first-order chi connectivity index (χ1) is 16.6. The van der Waals surface area contributed by atoms with Crippen molar-refractivity contribution in [3.63, 3.8) is 0 Å². The van der Waals surface area contributed by atoms with Crippen molar-refractivity contribution in [3.05, 3.63) is 35.2 Å². The Labute approximate surface area is 204 Å². The van der Waals surface area contributed by atoms with E-state index in [1.165, 1.54) is 45.2 Å². The van der Waals surface area contributed by atoms with Crippen LogP contribution in [0.25, 0.3) is 5.69 Å². The molecule has 0 aliphatic carbocycles. The van der Waals surface area contributed by atoms with Crippen LogP contribution in [0.1, 0.15) is 37.9 Å². The Balaban J connectivity index is 1.32. The Hall–Kier alpha value is -2.98. The van der Waals surface area contributed by atoms with Crippen LogP contribution in [0.3, 0.4) is 0 Å². The van der Waals surface area contributed by atoms with E-state index in [4.69, 9.17) is 16.3 Å². The number of aromatic nitrogens is 6. The summed E-state index contributed by atoms with van der Waals surface area (Å²) in [6.45, 7) is 5.16. The fraction of sp³-hybridized carbons (Fsp3) is 0.522. The summed E-state index contributed by atoms with van der Waals surface area (Å²) >= 11 is 6.44. The number of fused-ring (bicyclic) bond motifs is 1. The van der Waals surface area contributed by atoms with Crippen molar-refractivity contribution >= 4 is 29.1 Å². The van der Waals surface area contributed by atoms with Crippen LogP contribution in [0, 0.1) is 12.8 Å². The van der Waals surface area contributed by atoms with Gasteiger partial charge in [0.25, 0.3) is 0 Å². The van der Waals surface area contributed by atoms with Gasteiger partial charge in [0, 0.05) is 30.4 Å². The number of nitrogens with one attached hydrogen (secondary N) is 2. The largest absolute Gasteiger partial charge is 0.497 e. The molecule has 2 saturated heterocycles.